The third kappa shape index (κ3) is 5.91. The Bertz CT molecular complexity index is 1080. The van der Waals surface area contributed by atoms with Gasteiger partial charge in [0, 0.05) is 30.7 Å². The first-order valence-corrected chi connectivity index (χ1v) is 12.5. The zero-order valence-electron chi connectivity index (χ0n) is 19.2. The fraction of sp³-hybridized carbons (Fsp3) is 0.417. The second-order valence-corrected chi connectivity index (χ2v) is 10.1. The Morgan fingerprint density at radius 3 is 2.30 bits per heavy atom. The fourth-order valence-corrected chi connectivity index (χ4v) is 6.03. The molecule has 3 rings (SSSR count). The molecular weight excluding hydrogens is 442 g/mol. The molecule has 8 nitrogen and oxygen atoms in total. The molecule has 0 spiro atoms. The smallest absolute Gasteiger partial charge is 0.255 e. The van der Waals surface area contributed by atoms with E-state index in [1.165, 1.54) is 19.2 Å². The highest BCUT2D eigenvalue weighted by atomic mass is 32.2. The second kappa shape index (κ2) is 10.8. The number of sulfonamides is 1. The third-order valence-electron chi connectivity index (χ3n) is 5.82. The first-order valence-electron chi connectivity index (χ1n) is 11.1. The van der Waals surface area contributed by atoms with E-state index >= 15 is 0 Å². The van der Waals surface area contributed by atoms with Crippen LogP contribution in [0.4, 0.5) is 5.69 Å². The number of carbonyl (C=O) groups is 2. The molecule has 0 aromatic heterocycles. The predicted molar refractivity (Wildman–Crippen MR) is 127 cm³/mol. The van der Waals surface area contributed by atoms with Crippen LogP contribution in [0.1, 0.15) is 49.9 Å². The van der Waals surface area contributed by atoms with Crippen molar-refractivity contribution in [1.29, 1.82) is 0 Å². The zero-order valence-corrected chi connectivity index (χ0v) is 20.0. The minimum Gasteiger partial charge on any atom is -0.496 e. The molecule has 1 aliphatic rings. The molecule has 2 amide bonds. The average Bonchev–Trinajstić information content (AvgIpc) is 2.79. The number of methoxy groups -OCH3 is 1. The van der Waals surface area contributed by atoms with Crippen LogP contribution < -0.4 is 15.4 Å². The van der Waals surface area contributed by atoms with Crippen LogP contribution in [0.2, 0.25) is 0 Å². The number of carbonyl (C=O) groups excluding carboxylic acids is 2. The van der Waals surface area contributed by atoms with Gasteiger partial charge in [0.25, 0.3) is 5.91 Å². The maximum Gasteiger partial charge on any atom is 0.255 e. The quantitative estimate of drug-likeness (QED) is 0.611. The molecule has 178 valence electrons. The molecule has 2 aromatic carbocycles. The summed E-state index contributed by atoms with van der Waals surface area (Å²) in [4.78, 5) is 24.8. The number of nitrogens with one attached hydrogen (secondary N) is 2. The molecule has 0 saturated carbocycles. The standard InChI is InChI=1S/C24H31N3O5S/c1-17-7-6-8-18(2)27(17)33(30,31)20-13-11-19(12-14-20)26-23(28)15-16-25-24(29)21-9-4-5-10-22(21)32-3/h4-5,9-14,17-18H,6-8,15-16H2,1-3H3,(H,25,29)(H,26,28)/t17-,18+. The van der Waals surface area contributed by atoms with Crippen molar-refractivity contribution in [1.82, 2.24) is 9.62 Å². The van der Waals surface area contributed by atoms with Crippen molar-refractivity contribution in [2.24, 2.45) is 0 Å². The monoisotopic (exact) mass is 473 g/mol. The van der Waals surface area contributed by atoms with E-state index in [0.717, 1.165) is 19.3 Å². The highest BCUT2D eigenvalue weighted by Crippen LogP contribution is 2.30. The van der Waals surface area contributed by atoms with Crippen LogP contribution in [-0.4, -0.2) is 50.3 Å². The van der Waals surface area contributed by atoms with Crippen molar-refractivity contribution in [2.75, 3.05) is 19.0 Å². The lowest BCUT2D eigenvalue weighted by Gasteiger charge is -2.37. The molecule has 0 radical (unpaired) electrons. The predicted octanol–water partition coefficient (Wildman–Crippen LogP) is 3.41. The van der Waals surface area contributed by atoms with Crippen molar-refractivity contribution < 1.29 is 22.7 Å². The number of nitrogens with zero attached hydrogens (tertiary/aromatic N) is 1. The third-order valence-corrected chi connectivity index (χ3v) is 7.96. The molecule has 1 fully saturated rings. The van der Waals surface area contributed by atoms with Crippen molar-refractivity contribution in [2.45, 2.75) is 56.5 Å². The summed E-state index contributed by atoms with van der Waals surface area (Å²) in [7, 11) is -2.11. The topological polar surface area (TPSA) is 105 Å². The number of hydrogen-bond donors (Lipinski definition) is 2. The van der Waals surface area contributed by atoms with Gasteiger partial charge in [0.1, 0.15) is 5.75 Å². The average molecular weight is 474 g/mol. The van der Waals surface area contributed by atoms with E-state index in [2.05, 4.69) is 10.6 Å². The Hall–Kier alpha value is -2.91. The number of benzene rings is 2. The van der Waals surface area contributed by atoms with E-state index in [1.54, 1.807) is 40.7 Å². The summed E-state index contributed by atoms with van der Waals surface area (Å²) < 4.78 is 33.0. The minimum absolute atomic E-state index is 0.0378. The molecule has 1 heterocycles. The SMILES string of the molecule is COc1ccccc1C(=O)NCCC(=O)Nc1ccc(S(=O)(=O)N2[C@H](C)CCC[C@@H]2C)cc1. The van der Waals surface area contributed by atoms with Gasteiger partial charge < -0.3 is 15.4 Å². The number of hydrogen-bond acceptors (Lipinski definition) is 5. The number of para-hydroxylation sites is 1. The molecule has 9 heteroatoms. The first kappa shape index (κ1) is 24.7. The molecule has 0 unspecified atom stereocenters. The van der Waals surface area contributed by atoms with Crippen molar-refractivity contribution in [3.05, 3.63) is 54.1 Å². The van der Waals surface area contributed by atoms with Gasteiger partial charge in [-0.3, -0.25) is 9.59 Å². The fourth-order valence-electron chi connectivity index (χ4n) is 4.14. The van der Waals surface area contributed by atoms with E-state index in [-0.39, 0.29) is 41.8 Å². The van der Waals surface area contributed by atoms with Gasteiger partial charge in [0.15, 0.2) is 0 Å². The summed E-state index contributed by atoms with van der Waals surface area (Å²) in [6, 6.07) is 13.0. The maximum absolute atomic E-state index is 13.1. The molecule has 33 heavy (non-hydrogen) atoms. The highest BCUT2D eigenvalue weighted by Gasteiger charge is 2.35. The van der Waals surface area contributed by atoms with Crippen LogP contribution >= 0.6 is 0 Å². The van der Waals surface area contributed by atoms with Crippen molar-refractivity contribution in [3.8, 4) is 5.75 Å². The van der Waals surface area contributed by atoms with Crippen LogP contribution in [0, 0.1) is 0 Å². The van der Waals surface area contributed by atoms with E-state index in [9.17, 15) is 18.0 Å². The Balaban J connectivity index is 1.54. The Labute approximate surface area is 195 Å². The molecular formula is C24H31N3O5S. The zero-order chi connectivity index (χ0) is 24.0. The van der Waals surface area contributed by atoms with Crippen LogP contribution in [-0.2, 0) is 14.8 Å². The molecule has 1 saturated heterocycles. The number of ether oxygens (including phenoxy) is 1. The Morgan fingerprint density at radius 2 is 1.67 bits per heavy atom. The number of rotatable bonds is 8. The van der Waals surface area contributed by atoms with Crippen LogP contribution in [0.5, 0.6) is 5.75 Å². The van der Waals surface area contributed by atoms with Crippen LogP contribution in [0.25, 0.3) is 0 Å². The van der Waals surface area contributed by atoms with Gasteiger partial charge in [-0.05, 0) is 63.1 Å². The van der Waals surface area contributed by atoms with Gasteiger partial charge in [-0.2, -0.15) is 4.31 Å². The van der Waals surface area contributed by atoms with Gasteiger partial charge in [-0.1, -0.05) is 18.6 Å². The summed E-state index contributed by atoms with van der Waals surface area (Å²) >= 11 is 0. The normalized spacial score (nSPS) is 19.0. The summed E-state index contributed by atoms with van der Waals surface area (Å²) in [5.41, 5.74) is 0.893. The largest absolute Gasteiger partial charge is 0.496 e. The van der Waals surface area contributed by atoms with E-state index in [0.29, 0.717) is 17.0 Å². The van der Waals surface area contributed by atoms with Gasteiger partial charge in [0.2, 0.25) is 15.9 Å². The van der Waals surface area contributed by atoms with Crippen LogP contribution in [0.15, 0.2) is 53.4 Å². The Kier molecular flexibility index (Phi) is 8.10. The summed E-state index contributed by atoms with van der Waals surface area (Å²) in [5, 5.41) is 5.43. The van der Waals surface area contributed by atoms with Crippen molar-refractivity contribution >= 4 is 27.5 Å². The second-order valence-electron chi connectivity index (χ2n) is 8.24. The Morgan fingerprint density at radius 1 is 1.03 bits per heavy atom. The lowest BCUT2D eigenvalue weighted by molar-refractivity contribution is -0.116. The molecule has 1 aliphatic heterocycles. The molecule has 0 bridgehead atoms. The molecule has 2 atom stereocenters. The van der Waals surface area contributed by atoms with Crippen molar-refractivity contribution in [3.63, 3.8) is 0 Å². The molecule has 2 aromatic rings. The number of amides is 2. The molecule has 0 aliphatic carbocycles. The van der Waals surface area contributed by atoms with Gasteiger partial charge in [-0.15, -0.1) is 0 Å². The lowest BCUT2D eigenvalue weighted by atomic mass is 10.0. The summed E-state index contributed by atoms with van der Waals surface area (Å²) in [6.07, 6.45) is 2.80. The van der Waals surface area contributed by atoms with E-state index in [1.807, 2.05) is 13.8 Å². The van der Waals surface area contributed by atoms with Gasteiger partial charge in [-0.25, -0.2) is 8.42 Å². The van der Waals surface area contributed by atoms with E-state index in [4.69, 9.17) is 4.74 Å². The number of piperidine rings is 1. The molecule has 2 N–H and O–H groups in total. The lowest BCUT2D eigenvalue weighted by Crippen LogP contribution is -2.47. The first-order chi connectivity index (χ1) is 15.7. The number of anilines is 1. The van der Waals surface area contributed by atoms with Gasteiger partial charge >= 0.3 is 0 Å². The van der Waals surface area contributed by atoms with E-state index < -0.39 is 10.0 Å². The van der Waals surface area contributed by atoms with Gasteiger partial charge in [0.05, 0.1) is 17.6 Å². The summed E-state index contributed by atoms with van der Waals surface area (Å²) in [6.45, 7) is 4.03. The van der Waals surface area contributed by atoms with Crippen LogP contribution in [0.3, 0.4) is 0 Å². The highest BCUT2D eigenvalue weighted by molar-refractivity contribution is 7.89. The summed E-state index contributed by atoms with van der Waals surface area (Å²) in [5.74, 6) is -0.150. The minimum atomic E-state index is -3.60. The maximum atomic E-state index is 13.1.